The fraction of sp³-hybridized carbons (Fsp3) is 0.516. The number of ether oxygens (including phenoxy) is 2. The molecule has 44 heavy (non-hydrogen) atoms. The highest BCUT2D eigenvalue weighted by atomic mass is 16.6. The Morgan fingerprint density at radius 3 is 2.36 bits per heavy atom. The Hall–Kier alpha value is -4.39. The van der Waals surface area contributed by atoms with Crippen LogP contribution < -0.4 is 16.4 Å². The minimum atomic E-state index is -0.812. The van der Waals surface area contributed by atoms with E-state index in [-0.39, 0.29) is 37.0 Å². The highest BCUT2D eigenvalue weighted by Crippen LogP contribution is 2.25. The summed E-state index contributed by atoms with van der Waals surface area (Å²) < 4.78 is 12.3. The van der Waals surface area contributed by atoms with E-state index in [0.717, 1.165) is 30.5 Å². The minimum absolute atomic E-state index is 0.000300. The quantitative estimate of drug-likeness (QED) is 0.300. The summed E-state index contributed by atoms with van der Waals surface area (Å²) in [6.07, 6.45) is 1.24. The number of benzene rings is 1. The molecule has 4 rings (SSSR count). The number of nitrogens with zero attached hydrogens (tertiary/aromatic N) is 3. The third kappa shape index (κ3) is 8.37. The van der Waals surface area contributed by atoms with Crippen molar-refractivity contribution in [2.45, 2.75) is 71.9 Å². The molecule has 2 aliphatic heterocycles. The Morgan fingerprint density at radius 2 is 1.68 bits per heavy atom. The van der Waals surface area contributed by atoms with Crippen LogP contribution in [-0.2, 0) is 56.6 Å². The van der Waals surface area contributed by atoms with Crippen molar-refractivity contribution in [2.75, 3.05) is 26.7 Å². The van der Waals surface area contributed by atoms with Crippen LogP contribution in [0.4, 0.5) is 4.79 Å². The predicted molar refractivity (Wildman–Crippen MR) is 160 cm³/mol. The van der Waals surface area contributed by atoms with Gasteiger partial charge >= 0.3 is 23.9 Å². The number of methoxy groups -OCH3 is 1. The Morgan fingerprint density at radius 1 is 0.977 bits per heavy atom. The van der Waals surface area contributed by atoms with Gasteiger partial charge in [-0.05, 0) is 57.4 Å². The van der Waals surface area contributed by atoms with Crippen LogP contribution in [0.3, 0.4) is 0 Å². The lowest BCUT2D eigenvalue weighted by Crippen LogP contribution is -2.42. The molecule has 0 saturated carbocycles. The highest BCUT2D eigenvalue weighted by Gasteiger charge is 2.31. The summed E-state index contributed by atoms with van der Waals surface area (Å²) in [5.41, 5.74) is 8.17. The monoisotopic (exact) mass is 610 g/mol. The molecule has 1 atom stereocenters. The summed E-state index contributed by atoms with van der Waals surface area (Å²) in [5, 5.41) is 5.28. The van der Waals surface area contributed by atoms with Crippen LogP contribution in [0, 0.1) is 5.92 Å². The van der Waals surface area contributed by atoms with Crippen molar-refractivity contribution in [1.29, 1.82) is 0 Å². The molecule has 238 valence electrons. The fourth-order valence-electron chi connectivity index (χ4n) is 5.53. The van der Waals surface area contributed by atoms with Gasteiger partial charge in [-0.2, -0.15) is 0 Å². The molecule has 0 radical (unpaired) electrons. The summed E-state index contributed by atoms with van der Waals surface area (Å²) in [4.78, 5) is 65.7. The number of piperidine rings is 1. The Balaban J connectivity index is 1.33. The van der Waals surface area contributed by atoms with E-state index in [4.69, 9.17) is 15.2 Å². The van der Waals surface area contributed by atoms with Crippen molar-refractivity contribution in [1.82, 2.24) is 25.0 Å². The van der Waals surface area contributed by atoms with Crippen LogP contribution in [0.5, 0.6) is 0 Å². The van der Waals surface area contributed by atoms with Crippen molar-refractivity contribution in [3.63, 3.8) is 0 Å². The molecule has 0 bridgehead atoms. The van der Waals surface area contributed by atoms with E-state index in [2.05, 4.69) is 15.5 Å². The summed E-state index contributed by atoms with van der Waals surface area (Å²) in [6.45, 7) is 8.55. The van der Waals surface area contributed by atoms with Gasteiger partial charge in [-0.25, -0.2) is 9.59 Å². The number of esters is 1. The standard InChI is InChI=1S/C31H42N6O7/c1-31(2,3)44-30(42)36-11-12-37-23(14-24(25(37)19-36)29(41)43-4)16-34-28(40)27(39)33-15-20-7-5-8-21(13-20)17-35-10-6-9-22(18-35)26(32)38/h5,7-8,13-14,22H,6,9-12,15-19H2,1-4H3,(H2,32,38)(H,33,39)(H,34,40). The van der Waals surface area contributed by atoms with Gasteiger partial charge in [-0.3, -0.25) is 19.3 Å². The number of fused-ring (bicyclic) bond motifs is 1. The van der Waals surface area contributed by atoms with Crippen LogP contribution in [0.25, 0.3) is 0 Å². The van der Waals surface area contributed by atoms with E-state index < -0.39 is 29.5 Å². The van der Waals surface area contributed by atoms with E-state index in [0.29, 0.717) is 37.6 Å². The van der Waals surface area contributed by atoms with E-state index >= 15 is 0 Å². The maximum absolute atomic E-state index is 12.7. The molecule has 1 fully saturated rings. The molecule has 13 heteroatoms. The zero-order chi connectivity index (χ0) is 32.0. The van der Waals surface area contributed by atoms with Gasteiger partial charge in [0.15, 0.2) is 0 Å². The first-order valence-corrected chi connectivity index (χ1v) is 14.8. The Kier molecular flexibility index (Phi) is 10.3. The second-order valence-corrected chi connectivity index (χ2v) is 12.2. The Labute approximate surface area is 257 Å². The van der Waals surface area contributed by atoms with Crippen LogP contribution >= 0.6 is 0 Å². The molecule has 4 N–H and O–H groups in total. The van der Waals surface area contributed by atoms with E-state index in [1.807, 2.05) is 28.8 Å². The van der Waals surface area contributed by atoms with E-state index in [1.54, 1.807) is 26.8 Å². The molecular weight excluding hydrogens is 568 g/mol. The molecule has 2 aliphatic rings. The zero-order valence-corrected chi connectivity index (χ0v) is 25.8. The van der Waals surface area contributed by atoms with Gasteiger partial charge in [0.25, 0.3) is 0 Å². The lowest BCUT2D eigenvalue weighted by molar-refractivity contribution is -0.139. The molecule has 2 aromatic rings. The number of nitrogens with two attached hydrogens (primary N) is 1. The minimum Gasteiger partial charge on any atom is -0.465 e. The molecule has 0 spiro atoms. The highest BCUT2D eigenvalue weighted by molar-refractivity contribution is 6.35. The largest absolute Gasteiger partial charge is 0.465 e. The lowest BCUT2D eigenvalue weighted by atomic mass is 9.97. The van der Waals surface area contributed by atoms with Crippen molar-refractivity contribution < 1.29 is 33.4 Å². The third-order valence-corrected chi connectivity index (χ3v) is 7.68. The number of amides is 4. The second kappa shape index (κ2) is 13.9. The maximum Gasteiger partial charge on any atom is 0.410 e. The Bertz CT molecular complexity index is 1410. The van der Waals surface area contributed by atoms with Crippen LogP contribution in [0.2, 0.25) is 0 Å². The number of likely N-dealkylation sites (tertiary alicyclic amines) is 1. The molecule has 1 aromatic carbocycles. The number of nitrogens with one attached hydrogen (secondary N) is 2. The lowest BCUT2D eigenvalue weighted by Gasteiger charge is -2.32. The van der Waals surface area contributed by atoms with Gasteiger partial charge in [-0.15, -0.1) is 0 Å². The van der Waals surface area contributed by atoms with Gasteiger partial charge in [0.2, 0.25) is 5.91 Å². The topological polar surface area (TPSA) is 165 Å². The van der Waals surface area contributed by atoms with Crippen LogP contribution in [0.15, 0.2) is 30.3 Å². The number of rotatable bonds is 8. The van der Waals surface area contributed by atoms with Gasteiger partial charge in [0, 0.05) is 38.4 Å². The first kappa shape index (κ1) is 32.5. The van der Waals surface area contributed by atoms with Crippen molar-refractivity contribution in [3.05, 3.63) is 58.4 Å². The molecule has 1 aromatic heterocycles. The van der Waals surface area contributed by atoms with Crippen molar-refractivity contribution >= 4 is 29.8 Å². The van der Waals surface area contributed by atoms with Crippen molar-refractivity contribution in [3.8, 4) is 0 Å². The molecule has 1 unspecified atom stereocenters. The normalized spacial score (nSPS) is 16.9. The molecule has 3 heterocycles. The maximum atomic E-state index is 12.7. The van der Waals surface area contributed by atoms with Crippen LogP contribution in [0.1, 0.15) is 66.5 Å². The molecule has 4 amide bonds. The number of carbonyl (C=O) groups excluding carboxylic acids is 5. The number of hydrogen-bond donors (Lipinski definition) is 3. The van der Waals surface area contributed by atoms with E-state index in [9.17, 15) is 24.0 Å². The smallest absolute Gasteiger partial charge is 0.410 e. The van der Waals surface area contributed by atoms with Gasteiger partial charge < -0.3 is 35.3 Å². The summed E-state index contributed by atoms with van der Waals surface area (Å²) in [5.74, 6) is -2.57. The molecule has 0 aliphatic carbocycles. The van der Waals surface area contributed by atoms with Gasteiger partial charge in [0.05, 0.1) is 37.4 Å². The zero-order valence-electron chi connectivity index (χ0n) is 25.8. The summed E-state index contributed by atoms with van der Waals surface area (Å²) in [6, 6.07) is 9.32. The molecule has 13 nitrogen and oxygen atoms in total. The first-order chi connectivity index (χ1) is 20.8. The number of aromatic nitrogens is 1. The van der Waals surface area contributed by atoms with Crippen LogP contribution in [-0.4, -0.2) is 76.5 Å². The van der Waals surface area contributed by atoms with Gasteiger partial charge in [-0.1, -0.05) is 24.3 Å². The summed E-state index contributed by atoms with van der Waals surface area (Å²) >= 11 is 0. The fourth-order valence-corrected chi connectivity index (χ4v) is 5.53. The van der Waals surface area contributed by atoms with E-state index in [1.165, 1.54) is 12.0 Å². The average molecular weight is 611 g/mol. The second-order valence-electron chi connectivity index (χ2n) is 12.2. The number of hydrogen-bond acceptors (Lipinski definition) is 8. The molecule has 1 saturated heterocycles. The first-order valence-electron chi connectivity index (χ1n) is 14.8. The summed E-state index contributed by atoms with van der Waals surface area (Å²) in [7, 11) is 1.27. The average Bonchev–Trinajstić information content (AvgIpc) is 3.35. The predicted octanol–water partition coefficient (Wildman–Crippen LogP) is 1.66. The van der Waals surface area contributed by atoms with Crippen molar-refractivity contribution in [2.24, 2.45) is 11.7 Å². The SMILES string of the molecule is COC(=O)c1cc(CNC(=O)C(=O)NCc2cccc(CN3CCCC(C(N)=O)C3)c2)n2c1CN(C(=O)OC(C)(C)C)CC2. The van der Waals surface area contributed by atoms with Gasteiger partial charge in [0.1, 0.15) is 5.60 Å². The number of primary amides is 1. The number of carbonyl (C=O) groups is 5. The molecular formula is C31H42N6O7. The third-order valence-electron chi connectivity index (χ3n) is 7.68.